The van der Waals surface area contributed by atoms with E-state index in [0.29, 0.717) is 18.0 Å². The fourth-order valence-corrected chi connectivity index (χ4v) is 2.72. The van der Waals surface area contributed by atoms with Crippen LogP contribution in [-0.4, -0.2) is 32.6 Å². The molecule has 25 heavy (non-hydrogen) atoms. The summed E-state index contributed by atoms with van der Waals surface area (Å²) in [5, 5.41) is 2.89. The minimum Gasteiger partial charge on any atom is -0.496 e. The lowest BCUT2D eigenvalue weighted by atomic mass is 10.1. The smallest absolute Gasteiger partial charge is 0.264 e. The van der Waals surface area contributed by atoms with Crippen molar-refractivity contribution in [2.75, 3.05) is 25.7 Å². The van der Waals surface area contributed by atoms with E-state index >= 15 is 0 Å². The minimum atomic E-state index is -0.106. The molecule has 0 aliphatic carbocycles. The number of ether oxygens (including phenoxy) is 2. The highest BCUT2D eigenvalue weighted by Crippen LogP contribution is 2.32. The summed E-state index contributed by atoms with van der Waals surface area (Å²) in [6.45, 7) is 0.442. The van der Waals surface area contributed by atoms with Gasteiger partial charge < -0.3 is 19.7 Å². The number of methoxy groups -OCH3 is 1. The highest BCUT2D eigenvalue weighted by atomic mass is 16.5. The predicted molar refractivity (Wildman–Crippen MR) is 93.9 cm³/mol. The Labute approximate surface area is 146 Å². The Morgan fingerprint density at radius 3 is 2.88 bits per heavy atom. The number of fused-ring (bicyclic) bond motifs is 1. The molecule has 0 unspecified atom stereocenters. The van der Waals surface area contributed by atoms with E-state index in [4.69, 9.17) is 9.47 Å². The van der Waals surface area contributed by atoms with Gasteiger partial charge in [0, 0.05) is 19.2 Å². The maximum absolute atomic E-state index is 12.2. The van der Waals surface area contributed by atoms with Gasteiger partial charge in [-0.15, -0.1) is 0 Å². The zero-order chi connectivity index (χ0) is 17.8. The quantitative estimate of drug-likeness (QED) is 0.903. The number of nitrogens with one attached hydrogen (secondary N) is 1. The molecular weight excluding hydrogens is 320 g/mol. The molecule has 0 saturated heterocycles. The molecular formula is C19H20N2O4. The van der Waals surface area contributed by atoms with Crippen molar-refractivity contribution in [2.45, 2.75) is 13.0 Å². The lowest BCUT2D eigenvalue weighted by Gasteiger charge is -2.26. The van der Waals surface area contributed by atoms with Gasteiger partial charge in [-0.05, 0) is 23.8 Å². The first-order valence-corrected chi connectivity index (χ1v) is 7.99. The van der Waals surface area contributed by atoms with Crippen molar-refractivity contribution >= 4 is 17.5 Å². The van der Waals surface area contributed by atoms with E-state index in [9.17, 15) is 9.59 Å². The molecule has 0 radical (unpaired) electrons. The number of anilines is 1. The van der Waals surface area contributed by atoms with Crippen molar-refractivity contribution in [3.8, 4) is 11.5 Å². The van der Waals surface area contributed by atoms with Crippen molar-refractivity contribution in [1.82, 2.24) is 5.32 Å². The first kappa shape index (κ1) is 16.8. The molecule has 1 N–H and O–H groups in total. The number of rotatable bonds is 5. The van der Waals surface area contributed by atoms with Gasteiger partial charge in [-0.3, -0.25) is 9.59 Å². The number of benzene rings is 2. The molecule has 2 aromatic rings. The van der Waals surface area contributed by atoms with E-state index in [0.717, 1.165) is 16.9 Å². The van der Waals surface area contributed by atoms with Gasteiger partial charge >= 0.3 is 0 Å². The Morgan fingerprint density at radius 2 is 2.08 bits per heavy atom. The molecule has 0 fully saturated rings. The SMILES string of the molecule is COc1ccccc1CNC(=O)Cc1ccc2c(c1)N(C)C(=O)CO2. The van der Waals surface area contributed by atoms with Crippen molar-refractivity contribution in [3.05, 3.63) is 53.6 Å². The van der Waals surface area contributed by atoms with Gasteiger partial charge in [0.05, 0.1) is 19.2 Å². The third-order valence-corrected chi connectivity index (χ3v) is 4.14. The van der Waals surface area contributed by atoms with Gasteiger partial charge in [0.15, 0.2) is 6.61 Å². The van der Waals surface area contributed by atoms with E-state index in [-0.39, 0.29) is 24.8 Å². The molecule has 2 aromatic carbocycles. The molecule has 6 heteroatoms. The van der Waals surface area contributed by atoms with E-state index in [1.54, 1.807) is 25.1 Å². The third kappa shape index (κ3) is 3.74. The summed E-state index contributed by atoms with van der Waals surface area (Å²) in [6.07, 6.45) is 0.227. The summed E-state index contributed by atoms with van der Waals surface area (Å²) >= 11 is 0. The summed E-state index contributed by atoms with van der Waals surface area (Å²) in [6, 6.07) is 13.0. The standard InChI is InChI=1S/C19H20N2O4/c1-21-15-9-13(7-8-17(15)25-12-19(21)23)10-18(22)20-11-14-5-3-4-6-16(14)24-2/h3-9H,10-12H2,1-2H3,(H,20,22). The number of carbonyl (C=O) groups excluding carboxylic acids is 2. The molecule has 0 aromatic heterocycles. The lowest BCUT2D eigenvalue weighted by Crippen LogP contribution is -2.35. The van der Waals surface area contributed by atoms with E-state index in [1.165, 1.54) is 0 Å². The fourth-order valence-electron chi connectivity index (χ4n) is 2.72. The van der Waals surface area contributed by atoms with Crippen LogP contribution in [0.4, 0.5) is 5.69 Å². The number of para-hydroxylation sites is 1. The topological polar surface area (TPSA) is 67.9 Å². The van der Waals surface area contributed by atoms with Gasteiger partial charge in [0.25, 0.3) is 5.91 Å². The van der Waals surface area contributed by atoms with E-state index in [2.05, 4.69) is 5.32 Å². The van der Waals surface area contributed by atoms with Gasteiger partial charge in [0.2, 0.25) is 5.91 Å². The maximum Gasteiger partial charge on any atom is 0.264 e. The molecule has 0 spiro atoms. The first-order valence-electron chi connectivity index (χ1n) is 7.99. The molecule has 1 aliphatic heterocycles. The van der Waals surface area contributed by atoms with Crippen molar-refractivity contribution < 1.29 is 19.1 Å². The van der Waals surface area contributed by atoms with Gasteiger partial charge in [-0.25, -0.2) is 0 Å². The third-order valence-electron chi connectivity index (χ3n) is 4.14. The highest BCUT2D eigenvalue weighted by molar-refractivity contribution is 5.97. The Morgan fingerprint density at radius 1 is 1.28 bits per heavy atom. The molecule has 6 nitrogen and oxygen atoms in total. The van der Waals surface area contributed by atoms with Crippen molar-refractivity contribution in [1.29, 1.82) is 0 Å². The Bertz CT molecular complexity index is 804. The zero-order valence-corrected chi connectivity index (χ0v) is 14.2. The Kier molecular flexibility index (Phi) is 4.88. The molecule has 130 valence electrons. The van der Waals surface area contributed by atoms with E-state index < -0.39 is 0 Å². The monoisotopic (exact) mass is 340 g/mol. The average molecular weight is 340 g/mol. The van der Waals surface area contributed by atoms with Crippen LogP contribution in [0.1, 0.15) is 11.1 Å². The van der Waals surface area contributed by atoms with Crippen LogP contribution in [0.15, 0.2) is 42.5 Å². The van der Waals surface area contributed by atoms with Gasteiger partial charge in [-0.2, -0.15) is 0 Å². The highest BCUT2D eigenvalue weighted by Gasteiger charge is 2.22. The summed E-state index contributed by atoms with van der Waals surface area (Å²) in [4.78, 5) is 25.5. The Hall–Kier alpha value is -3.02. The van der Waals surface area contributed by atoms with Crippen molar-refractivity contribution in [2.24, 2.45) is 0 Å². The fraction of sp³-hybridized carbons (Fsp3) is 0.263. The summed E-state index contributed by atoms with van der Waals surface area (Å²) in [5.74, 6) is 1.19. The Balaban J connectivity index is 1.64. The van der Waals surface area contributed by atoms with Crippen LogP contribution < -0.4 is 19.7 Å². The van der Waals surface area contributed by atoms with Crippen LogP contribution >= 0.6 is 0 Å². The van der Waals surface area contributed by atoms with Gasteiger partial charge in [-0.1, -0.05) is 24.3 Å². The lowest BCUT2D eigenvalue weighted by molar-refractivity contribution is -0.121. The zero-order valence-electron chi connectivity index (χ0n) is 14.2. The summed E-state index contributed by atoms with van der Waals surface area (Å²) < 4.78 is 10.7. The second kappa shape index (κ2) is 7.25. The predicted octanol–water partition coefficient (Wildman–Crippen LogP) is 1.91. The number of hydrogen-bond acceptors (Lipinski definition) is 4. The van der Waals surface area contributed by atoms with Crippen LogP contribution in [0.5, 0.6) is 11.5 Å². The number of carbonyl (C=O) groups is 2. The molecule has 1 aliphatic rings. The number of nitrogens with zero attached hydrogens (tertiary/aromatic N) is 1. The van der Waals surface area contributed by atoms with Crippen LogP contribution in [0, 0.1) is 0 Å². The second-order valence-corrected chi connectivity index (χ2v) is 5.81. The molecule has 1 heterocycles. The van der Waals surface area contributed by atoms with Crippen LogP contribution in [0.2, 0.25) is 0 Å². The average Bonchev–Trinajstić information content (AvgIpc) is 2.63. The first-order chi connectivity index (χ1) is 12.1. The molecule has 0 atom stereocenters. The van der Waals surface area contributed by atoms with Crippen LogP contribution in [0.25, 0.3) is 0 Å². The molecule has 3 rings (SSSR count). The minimum absolute atomic E-state index is 0.0439. The van der Waals surface area contributed by atoms with Crippen LogP contribution in [0.3, 0.4) is 0 Å². The molecule has 0 bridgehead atoms. The number of likely N-dealkylation sites (N-methyl/N-ethyl adjacent to an activating group) is 1. The largest absolute Gasteiger partial charge is 0.496 e. The molecule has 2 amide bonds. The van der Waals surface area contributed by atoms with Crippen molar-refractivity contribution in [3.63, 3.8) is 0 Å². The molecule has 0 saturated carbocycles. The number of amides is 2. The maximum atomic E-state index is 12.2. The summed E-state index contributed by atoms with van der Waals surface area (Å²) in [7, 11) is 3.31. The summed E-state index contributed by atoms with van der Waals surface area (Å²) in [5.41, 5.74) is 2.43. The normalized spacial score (nSPS) is 13.0. The second-order valence-electron chi connectivity index (χ2n) is 5.81. The van der Waals surface area contributed by atoms with Crippen LogP contribution in [-0.2, 0) is 22.6 Å². The number of hydrogen-bond donors (Lipinski definition) is 1. The van der Waals surface area contributed by atoms with Gasteiger partial charge in [0.1, 0.15) is 11.5 Å². The van der Waals surface area contributed by atoms with E-state index in [1.807, 2.05) is 36.4 Å².